The van der Waals surface area contributed by atoms with Crippen molar-refractivity contribution in [2.75, 3.05) is 0 Å². The van der Waals surface area contributed by atoms with Crippen LogP contribution in [0.3, 0.4) is 0 Å². The Balaban J connectivity index is 1.59. The third kappa shape index (κ3) is 3.81. The number of amides is 1. The number of primary amides is 1. The quantitative estimate of drug-likeness (QED) is 0.533. The monoisotopic (exact) mass is 394 g/mol. The van der Waals surface area contributed by atoms with E-state index in [-0.39, 0.29) is 18.4 Å². The Morgan fingerprint density at radius 3 is 2.90 bits per heavy atom. The summed E-state index contributed by atoms with van der Waals surface area (Å²) in [5.74, 6) is -0.177. The van der Waals surface area contributed by atoms with Gasteiger partial charge in [-0.2, -0.15) is 10.1 Å². The minimum absolute atomic E-state index is 0.110. The molecule has 0 saturated heterocycles. The van der Waals surface area contributed by atoms with Crippen LogP contribution < -0.4 is 10.5 Å². The zero-order valence-electron chi connectivity index (χ0n) is 15.2. The molecule has 0 aliphatic heterocycles. The van der Waals surface area contributed by atoms with Crippen molar-refractivity contribution < 1.29 is 18.4 Å². The largest absolute Gasteiger partial charge is 0.471 e. The third-order valence-corrected chi connectivity index (χ3v) is 4.18. The molecule has 2 N–H and O–H groups in total. The Kier molecular flexibility index (Phi) is 4.73. The van der Waals surface area contributed by atoms with E-state index in [9.17, 15) is 9.18 Å². The number of ether oxygens (including phenoxy) is 1. The highest BCUT2D eigenvalue weighted by Gasteiger charge is 2.19. The molecule has 0 unspecified atom stereocenters. The normalized spacial score (nSPS) is 10.8. The Morgan fingerprint density at radius 1 is 1.28 bits per heavy atom. The molecule has 10 heteroatoms. The molecule has 0 spiro atoms. The van der Waals surface area contributed by atoms with Crippen LogP contribution in [0, 0.1) is 5.82 Å². The van der Waals surface area contributed by atoms with Gasteiger partial charge in [0.1, 0.15) is 12.4 Å². The molecule has 0 radical (unpaired) electrons. The lowest BCUT2D eigenvalue weighted by molar-refractivity contribution is 0.100. The van der Waals surface area contributed by atoms with Gasteiger partial charge in [-0.1, -0.05) is 17.3 Å². The minimum Gasteiger partial charge on any atom is -0.471 e. The van der Waals surface area contributed by atoms with Crippen molar-refractivity contribution in [3.63, 3.8) is 0 Å². The minimum atomic E-state index is -0.545. The maximum Gasteiger partial charge on any atom is 0.261 e. The number of carbonyl (C=O) groups is 1. The average Bonchev–Trinajstić information content (AvgIpc) is 3.34. The molecule has 29 heavy (non-hydrogen) atoms. The lowest BCUT2D eigenvalue weighted by Crippen LogP contribution is -2.10. The summed E-state index contributed by atoms with van der Waals surface area (Å²) in [5.41, 5.74) is 7.50. The number of nitrogens with two attached hydrogens (primary N) is 1. The van der Waals surface area contributed by atoms with Crippen molar-refractivity contribution >= 4 is 5.91 Å². The van der Waals surface area contributed by atoms with Crippen LogP contribution in [-0.4, -0.2) is 30.8 Å². The standard InChI is InChI=1S/C19H15FN6O3/c1-26-15(10-28-16-6-5-13(20)8-22-16)14(9-23-26)19-24-18(25-29-19)12-4-2-3-11(7-12)17(21)27/h2-9H,10H2,1H3,(H2,21,27). The topological polar surface area (TPSA) is 122 Å². The molecular formula is C19H15FN6O3. The van der Waals surface area contributed by atoms with Crippen molar-refractivity contribution in [3.8, 4) is 28.7 Å². The molecule has 1 aromatic carbocycles. The highest BCUT2D eigenvalue weighted by molar-refractivity contribution is 5.93. The maximum absolute atomic E-state index is 13.0. The first-order chi connectivity index (χ1) is 14.0. The number of hydrogen-bond donors (Lipinski definition) is 1. The fraction of sp³-hybridized carbons (Fsp3) is 0.105. The Morgan fingerprint density at radius 2 is 2.14 bits per heavy atom. The van der Waals surface area contributed by atoms with Crippen molar-refractivity contribution in [3.05, 3.63) is 65.9 Å². The molecule has 0 aliphatic carbocycles. The van der Waals surface area contributed by atoms with Gasteiger partial charge in [0, 0.05) is 24.2 Å². The maximum atomic E-state index is 13.0. The number of pyridine rings is 1. The van der Waals surface area contributed by atoms with Gasteiger partial charge in [-0.25, -0.2) is 9.37 Å². The van der Waals surface area contributed by atoms with Crippen LogP contribution >= 0.6 is 0 Å². The van der Waals surface area contributed by atoms with Crippen LogP contribution in [0.25, 0.3) is 22.8 Å². The van der Waals surface area contributed by atoms with E-state index in [0.29, 0.717) is 28.2 Å². The number of rotatable bonds is 6. The number of nitrogens with zero attached hydrogens (tertiary/aromatic N) is 5. The van der Waals surface area contributed by atoms with Crippen LogP contribution in [0.1, 0.15) is 16.1 Å². The summed E-state index contributed by atoms with van der Waals surface area (Å²) in [5, 5.41) is 8.18. The van der Waals surface area contributed by atoms with Crippen molar-refractivity contribution in [2.24, 2.45) is 12.8 Å². The fourth-order valence-electron chi connectivity index (χ4n) is 2.66. The molecular weight excluding hydrogens is 379 g/mol. The van der Waals surface area contributed by atoms with Crippen LogP contribution in [0.15, 0.2) is 53.3 Å². The first kappa shape index (κ1) is 18.3. The van der Waals surface area contributed by atoms with Crippen LogP contribution in [0.4, 0.5) is 4.39 Å². The van der Waals surface area contributed by atoms with E-state index >= 15 is 0 Å². The van der Waals surface area contributed by atoms with Gasteiger partial charge < -0.3 is 15.0 Å². The summed E-state index contributed by atoms with van der Waals surface area (Å²) in [7, 11) is 1.74. The van der Waals surface area contributed by atoms with E-state index < -0.39 is 11.7 Å². The number of aryl methyl sites for hydroxylation is 1. The summed E-state index contributed by atoms with van der Waals surface area (Å²) in [6.45, 7) is 0.110. The summed E-state index contributed by atoms with van der Waals surface area (Å²) >= 11 is 0. The van der Waals surface area contributed by atoms with E-state index in [2.05, 4.69) is 20.2 Å². The zero-order valence-corrected chi connectivity index (χ0v) is 15.2. The van der Waals surface area contributed by atoms with Crippen molar-refractivity contribution in [1.82, 2.24) is 24.9 Å². The lowest BCUT2D eigenvalue weighted by Gasteiger charge is -2.06. The fourth-order valence-corrected chi connectivity index (χ4v) is 2.66. The SMILES string of the molecule is Cn1ncc(-c2nc(-c3cccc(C(N)=O)c3)no2)c1COc1ccc(F)cn1. The van der Waals surface area contributed by atoms with E-state index in [0.717, 1.165) is 6.20 Å². The lowest BCUT2D eigenvalue weighted by atomic mass is 10.1. The number of benzene rings is 1. The number of hydrogen-bond acceptors (Lipinski definition) is 7. The summed E-state index contributed by atoms with van der Waals surface area (Å²) < 4.78 is 25.6. The predicted molar refractivity (Wildman–Crippen MR) is 99.0 cm³/mol. The Labute approximate surface area is 163 Å². The van der Waals surface area contributed by atoms with Gasteiger partial charge >= 0.3 is 0 Å². The summed E-state index contributed by atoms with van der Waals surface area (Å²) in [4.78, 5) is 19.6. The second kappa shape index (κ2) is 7.50. The van der Waals surface area contributed by atoms with Gasteiger partial charge in [0.2, 0.25) is 17.6 Å². The van der Waals surface area contributed by atoms with Crippen LogP contribution in [-0.2, 0) is 13.7 Å². The van der Waals surface area contributed by atoms with Crippen molar-refractivity contribution in [2.45, 2.75) is 6.61 Å². The van der Waals surface area contributed by atoms with Gasteiger partial charge in [-0.15, -0.1) is 0 Å². The molecule has 1 amide bonds. The van der Waals surface area contributed by atoms with Crippen LogP contribution in [0.5, 0.6) is 5.88 Å². The van der Waals surface area contributed by atoms with Gasteiger partial charge in [-0.05, 0) is 18.2 Å². The highest BCUT2D eigenvalue weighted by atomic mass is 19.1. The van der Waals surface area contributed by atoms with Gasteiger partial charge in [-0.3, -0.25) is 9.48 Å². The molecule has 0 bridgehead atoms. The van der Waals surface area contributed by atoms with Crippen molar-refractivity contribution in [1.29, 1.82) is 0 Å². The average molecular weight is 394 g/mol. The first-order valence-electron chi connectivity index (χ1n) is 8.51. The second-order valence-electron chi connectivity index (χ2n) is 6.10. The number of aromatic nitrogens is 5. The molecule has 0 fully saturated rings. The van der Waals surface area contributed by atoms with E-state index in [1.54, 1.807) is 42.2 Å². The molecule has 0 atom stereocenters. The van der Waals surface area contributed by atoms with Crippen LogP contribution in [0.2, 0.25) is 0 Å². The zero-order chi connectivity index (χ0) is 20.4. The molecule has 0 aliphatic rings. The predicted octanol–water partition coefficient (Wildman–Crippen LogP) is 2.35. The van der Waals surface area contributed by atoms with E-state index in [4.69, 9.17) is 15.0 Å². The highest BCUT2D eigenvalue weighted by Crippen LogP contribution is 2.26. The number of halogens is 1. The third-order valence-electron chi connectivity index (χ3n) is 4.18. The summed E-state index contributed by atoms with van der Waals surface area (Å²) in [6.07, 6.45) is 2.65. The van der Waals surface area contributed by atoms with Gasteiger partial charge in [0.15, 0.2) is 0 Å². The van der Waals surface area contributed by atoms with Gasteiger partial charge in [0.25, 0.3) is 5.89 Å². The Hall–Kier alpha value is -4.08. The Bertz CT molecular complexity index is 1170. The molecule has 146 valence electrons. The second-order valence-corrected chi connectivity index (χ2v) is 6.10. The molecule has 9 nitrogen and oxygen atoms in total. The smallest absolute Gasteiger partial charge is 0.261 e. The van der Waals surface area contributed by atoms with E-state index in [1.165, 1.54) is 12.1 Å². The van der Waals surface area contributed by atoms with Gasteiger partial charge in [0.05, 0.1) is 23.7 Å². The first-order valence-corrected chi connectivity index (χ1v) is 8.51. The summed E-state index contributed by atoms with van der Waals surface area (Å²) in [6, 6.07) is 9.31. The number of carbonyl (C=O) groups excluding carboxylic acids is 1. The molecule has 4 aromatic rings. The molecule has 4 rings (SSSR count). The molecule has 0 saturated carbocycles. The molecule has 3 heterocycles. The van der Waals surface area contributed by atoms with E-state index in [1.807, 2.05) is 0 Å². The molecule has 3 aromatic heterocycles.